The maximum absolute atomic E-state index is 2.39. The zero-order valence-corrected chi connectivity index (χ0v) is 11.5. The van der Waals surface area contributed by atoms with Gasteiger partial charge in [0.25, 0.3) is 0 Å². The molecule has 0 fully saturated rings. The highest BCUT2D eigenvalue weighted by atomic mass is 127. The smallest absolute Gasteiger partial charge is 0.0666 e. The molecule has 0 nitrogen and oxygen atoms in total. The van der Waals surface area contributed by atoms with E-state index in [-0.39, 0.29) is 0 Å². The monoisotopic (exact) mass is 400 g/mol. The number of halogens is 2. The summed E-state index contributed by atoms with van der Waals surface area (Å²) in [6.45, 7) is 2.16. The van der Waals surface area contributed by atoms with Crippen LogP contribution < -0.4 is 0 Å². The fourth-order valence-electron chi connectivity index (χ4n) is 1.14. The SMILES string of the molecule is Cc1cc2cc(I)sc2cc1I. The van der Waals surface area contributed by atoms with E-state index in [9.17, 15) is 0 Å². The van der Waals surface area contributed by atoms with Gasteiger partial charge in [-0.25, -0.2) is 0 Å². The van der Waals surface area contributed by atoms with Gasteiger partial charge in [0, 0.05) is 8.27 Å². The minimum Gasteiger partial charge on any atom is -0.129 e. The van der Waals surface area contributed by atoms with Crippen LogP contribution in [0, 0.1) is 13.4 Å². The zero-order chi connectivity index (χ0) is 8.72. The molecule has 0 aliphatic rings. The summed E-state index contributed by atoms with van der Waals surface area (Å²) in [5.74, 6) is 0. The fourth-order valence-corrected chi connectivity index (χ4v) is 3.68. The topological polar surface area (TPSA) is 0 Å². The van der Waals surface area contributed by atoms with Gasteiger partial charge in [-0.3, -0.25) is 0 Å². The molecular weight excluding hydrogens is 394 g/mol. The molecule has 1 aromatic carbocycles. The molecular formula is C9H6I2S. The highest BCUT2D eigenvalue weighted by Crippen LogP contribution is 2.29. The van der Waals surface area contributed by atoms with Crippen LogP contribution in [0.1, 0.15) is 5.56 Å². The van der Waals surface area contributed by atoms with Crippen LogP contribution in [0.5, 0.6) is 0 Å². The van der Waals surface area contributed by atoms with Gasteiger partial charge < -0.3 is 0 Å². The van der Waals surface area contributed by atoms with Gasteiger partial charge in [-0.2, -0.15) is 0 Å². The Balaban J connectivity index is 2.83. The van der Waals surface area contributed by atoms with E-state index < -0.39 is 0 Å². The number of hydrogen-bond acceptors (Lipinski definition) is 1. The summed E-state index contributed by atoms with van der Waals surface area (Å²) in [5, 5.41) is 1.38. The molecule has 62 valence electrons. The van der Waals surface area contributed by atoms with Gasteiger partial charge in [0.2, 0.25) is 0 Å². The molecule has 0 saturated carbocycles. The van der Waals surface area contributed by atoms with E-state index in [2.05, 4.69) is 70.3 Å². The van der Waals surface area contributed by atoms with Crippen LogP contribution in [0.4, 0.5) is 0 Å². The maximum atomic E-state index is 2.39. The van der Waals surface area contributed by atoms with Crippen molar-refractivity contribution in [1.82, 2.24) is 0 Å². The first-order chi connectivity index (χ1) is 5.66. The van der Waals surface area contributed by atoms with E-state index in [0.29, 0.717) is 0 Å². The number of thiophene rings is 1. The van der Waals surface area contributed by atoms with Crippen molar-refractivity contribution in [2.75, 3.05) is 0 Å². The summed E-state index contributed by atoms with van der Waals surface area (Å²) in [5.41, 5.74) is 1.37. The summed E-state index contributed by atoms with van der Waals surface area (Å²) in [7, 11) is 0. The molecule has 0 atom stereocenters. The highest BCUT2D eigenvalue weighted by Gasteiger charge is 2.01. The Morgan fingerprint density at radius 2 is 1.92 bits per heavy atom. The fraction of sp³-hybridized carbons (Fsp3) is 0.111. The molecule has 0 saturated heterocycles. The second-order valence-corrected chi connectivity index (χ2v) is 6.83. The van der Waals surface area contributed by atoms with Gasteiger partial charge in [0.05, 0.1) is 2.88 Å². The van der Waals surface area contributed by atoms with E-state index in [1.165, 1.54) is 22.1 Å². The Bertz CT molecular complexity index is 392. The molecule has 0 unspecified atom stereocenters. The van der Waals surface area contributed by atoms with Crippen molar-refractivity contribution in [3.05, 3.63) is 30.2 Å². The van der Waals surface area contributed by atoms with Gasteiger partial charge in [-0.1, -0.05) is 0 Å². The van der Waals surface area contributed by atoms with Crippen molar-refractivity contribution >= 4 is 66.6 Å². The Morgan fingerprint density at radius 3 is 2.67 bits per heavy atom. The lowest BCUT2D eigenvalue weighted by Gasteiger charge is -1.96. The van der Waals surface area contributed by atoms with Crippen LogP contribution in [0.3, 0.4) is 0 Å². The number of fused-ring (bicyclic) bond motifs is 1. The molecule has 1 aromatic heterocycles. The summed E-state index contributed by atoms with van der Waals surface area (Å²) in [4.78, 5) is 0. The molecule has 1 heterocycles. The standard InChI is InChI=1S/C9H6I2S/c1-5-2-6-3-9(11)12-8(6)4-7(5)10/h2-4H,1H3. The minimum atomic E-state index is 1.36. The van der Waals surface area contributed by atoms with E-state index >= 15 is 0 Å². The molecule has 0 N–H and O–H groups in total. The van der Waals surface area contributed by atoms with Crippen LogP contribution >= 0.6 is 56.5 Å². The predicted molar refractivity (Wildman–Crippen MR) is 72.0 cm³/mol. The third kappa shape index (κ3) is 1.63. The lowest BCUT2D eigenvalue weighted by atomic mass is 10.2. The molecule has 2 rings (SSSR count). The van der Waals surface area contributed by atoms with E-state index in [4.69, 9.17) is 0 Å². The summed E-state index contributed by atoms with van der Waals surface area (Å²) in [6.07, 6.45) is 0. The number of benzene rings is 1. The Morgan fingerprint density at radius 1 is 1.17 bits per heavy atom. The molecule has 12 heavy (non-hydrogen) atoms. The van der Waals surface area contributed by atoms with Crippen molar-refractivity contribution < 1.29 is 0 Å². The second kappa shape index (κ2) is 3.42. The first kappa shape index (κ1) is 9.21. The first-order valence-corrected chi connectivity index (χ1v) is 6.49. The Kier molecular flexibility index (Phi) is 2.62. The van der Waals surface area contributed by atoms with Crippen LogP contribution in [-0.2, 0) is 0 Å². The van der Waals surface area contributed by atoms with Gasteiger partial charge in [-0.15, -0.1) is 11.3 Å². The molecule has 0 aliphatic carbocycles. The van der Waals surface area contributed by atoms with Gasteiger partial charge in [0.15, 0.2) is 0 Å². The third-order valence-corrected chi connectivity index (χ3v) is 4.79. The van der Waals surface area contributed by atoms with Crippen LogP contribution in [0.15, 0.2) is 18.2 Å². The van der Waals surface area contributed by atoms with E-state index in [1.54, 1.807) is 0 Å². The Hall–Kier alpha value is 0.640. The van der Waals surface area contributed by atoms with Crippen molar-refractivity contribution in [2.45, 2.75) is 6.92 Å². The summed E-state index contributed by atoms with van der Waals surface area (Å²) >= 11 is 6.62. The quantitative estimate of drug-likeness (QED) is 0.575. The van der Waals surface area contributed by atoms with Crippen molar-refractivity contribution in [2.24, 2.45) is 0 Å². The lowest BCUT2D eigenvalue weighted by molar-refractivity contribution is 1.47. The molecule has 0 aliphatic heterocycles. The third-order valence-electron chi connectivity index (χ3n) is 1.77. The van der Waals surface area contributed by atoms with Gasteiger partial charge in [0.1, 0.15) is 0 Å². The normalized spacial score (nSPS) is 10.9. The van der Waals surface area contributed by atoms with Crippen LogP contribution in [0.2, 0.25) is 0 Å². The van der Waals surface area contributed by atoms with Gasteiger partial charge in [-0.05, 0) is 81.3 Å². The van der Waals surface area contributed by atoms with Gasteiger partial charge >= 0.3 is 0 Å². The molecule has 2 aromatic rings. The first-order valence-electron chi connectivity index (χ1n) is 3.52. The molecule has 0 bridgehead atoms. The number of rotatable bonds is 0. The van der Waals surface area contributed by atoms with Crippen LogP contribution in [0.25, 0.3) is 10.1 Å². The second-order valence-electron chi connectivity index (χ2n) is 2.69. The number of hydrogen-bond donors (Lipinski definition) is 0. The van der Waals surface area contributed by atoms with Crippen LogP contribution in [-0.4, -0.2) is 0 Å². The minimum absolute atomic E-state index is 1.36. The highest BCUT2D eigenvalue weighted by molar-refractivity contribution is 14.1. The number of aryl methyl sites for hydroxylation is 1. The molecule has 0 radical (unpaired) electrons. The molecule has 3 heteroatoms. The maximum Gasteiger partial charge on any atom is 0.0666 e. The predicted octanol–water partition coefficient (Wildman–Crippen LogP) is 4.42. The van der Waals surface area contributed by atoms with Crippen molar-refractivity contribution in [1.29, 1.82) is 0 Å². The molecule has 0 spiro atoms. The van der Waals surface area contributed by atoms with Crippen molar-refractivity contribution in [3.8, 4) is 0 Å². The average molecular weight is 400 g/mol. The largest absolute Gasteiger partial charge is 0.129 e. The molecule has 0 amide bonds. The average Bonchev–Trinajstić information content (AvgIpc) is 2.30. The van der Waals surface area contributed by atoms with E-state index in [0.717, 1.165) is 0 Å². The lowest BCUT2D eigenvalue weighted by Crippen LogP contribution is -1.76. The zero-order valence-electron chi connectivity index (χ0n) is 6.40. The summed E-state index contributed by atoms with van der Waals surface area (Å²) in [6, 6.07) is 6.76. The Labute approximate surface area is 103 Å². The summed E-state index contributed by atoms with van der Waals surface area (Å²) < 4.78 is 4.12. The van der Waals surface area contributed by atoms with Crippen molar-refractivity contribution in [3.63, 3.8) is 0 Å². The van der Waals surface area contributed by atoms with E-state index in [1.807, 2.05) is 11.3 Å².